The number of methoxy groups -OCH3 is 2. The number of amides is 2. The number of alkyl halides is 4. The van der Waals surface area contributed by atoms with Crippen LogP contribution in [0.3, 0.4) is 0 Å². The number of carboxylic acids is 1. The lowest BCUT2D eigenvalue weighted by Gasteiger charge is -2.35. The minimum atomic E-state index is -4.60. The van der Waals surface area contributed by atoms with E-state index in [1.165, 1.54) is 25.2 Å². The molecule has 2 aromatic carbocycles. The van der Waals surface area contributed by atoms with Crippen LogP contribution >= 0.6 is 0 Å². The lowest BCUT2D eigenvalue weighted by Crippen LogP contribution is -2.50. The van der Waals surface area contributed by atoms with E-state index in [4.69, 9.17) is 9.47 Å². The molecule has 0 aromatic heterocycles. The summed E-state index contributed by atoms with van der Waals surface area (Å²) in [6, 6.07) is 10.6. The largest absolute Gasteiger partial charge is 0.497 e. The summed E-state index contributed by atoms with van der Waals surface area (Å²) in [6.07, 6.45) is -2.21. The van der Waals surface area contributed by atoms with Gasteiger partial charge in [-0.3, -0.25) is 19.3 Å². The number of anilines is 1. The Balaban J connectivity index is 1.30. The summed E-state index contributed by atoms with van der Waals surface area (Å²) in [4.78, 5) is 46.3. The number of likely N-dealkylation sites (tertiary alicyclic amines) is 3. The van der Waals surface area contributed by atoms with E-state index in [9.17, 15) is 32.7 Å². The Hall–Kier alpha value is -3.91. The van der Waals surface area contributed by atoms with Crippen LogP contribution in [0.1, 0.15) is 61.1 Å². The van der Waals surface area contributed by atoms with Crippen molar-refractivity contribution in [3.63, 3.8) is 0 Å². The number of benzene rings is 2. The predicted molar refractivity (Wildman–Crippen MR) is 185 cm³/mol. The van der Waals surface area contributed by atoms with Gasteiger partial charge in [0.25, 0.3) is 5.91 Å². The molecular weight excluding hydrogens is 684 g/mol. The summed E-state index contributed by atoms with van der Waals surface area (Å²) in [5.74, 6) is -3.45. The lowest BCUT2D eigenvalue weighted by atomic mass is 9.85. The molecule has 6 rings (SSSR count). The summed E-state index contributed by atoms with van der Waals surface area (Å²) in [5.41, 5.74) is -1.70. The van der Waals surface area contributed by atoms with Crippen molar-refractivity contribution in [1.29, 1.82) is 0 Å². The Morgan fingerprint density at radius 3 is 2.27 bits per heavy atom. The SMILES string of the molecule is COC[C@H]1CN(C(=O)[C@]2(F)CN(CC(=O)N3CCC[C@H]3C)C[C@H]2c2ccc(OC)cc2)C[C@@H]1c1ccc(C(F)(F)F)cc1N1CCC(C(=O)O)CC1. The zero-order valence-electron chi connectivity index (χ0n) is 29.9. The average Bonchev–Trinajstić information content (AvgIpc) is 3.84. The van der Waals surface area contributed by atoms with Crippen LogP contribution in [0.4, 0.5) is 23.2 Å². The molecule has 4 heterocycles. The fourth-order valence-corrected chi connectivity index (χ4v) is 8.74. The number of hydrogen-bond acceptors (Lipinski definition) is 7. The minimum absolute atomic E-state index is 0.0155. The van der Waals surface area contributed by atoms with Crippen molar-refractivity contribution >= 4 is 23.5 Å². The van der Waals surface area contributed by atoms with Gasteiger partial charge in [0.1, 0.15) is 5.75 Å². The molecule has 4 saturated heterocycles. The normalized spacial score (nSPS) is 27.4. The van der Waals surface area contributed by atoms with Gasteiger partial charge in [0, 0.05) is 82.4 Å². The monoisotopic (exact) mass is 732 g/mol. The molecule has 0 unspecified atom stereocenters. The van der Waals surface area contributed by atoms with Crippen LogP contribution in [0.5, 0.6) is 5.75 Å². The molecule has 0 spiro atoms. The van der Waals surface area contributed by atoms with Gasteiger partial charge in [0.2, 0.25) is 11.6 Å². The third kappa shape index (κ3) is 7.59. The van der Waals surface area contributed by atoms with Crippen LogP contribution in [0.15, 0.2) is 42.5 Å². The Kier molecular flexibility index (Phi) is 11.1. The summed E-state index contributed by atoms with van der Waals surface area (Å²) in [6.45, 7) is 3.39. The standard InChI is InChI=1S/C38H48F4N4O6/c1-24-5-4-14-46(24)34(47)21-43-20-32(25-6-9-29(52-3)10-7-25)37(39,23-43)36(50)45-18-27(22-51-2)31(19-45)30-11-8-28(38(40,41)42)17-33(30)44-15-12-26(13-16-44)35(48)49/h6-11,17,24,26-27,31-32H,4-5,12-16,18-23H2,1-3H3,(H,48,49)/t24-,27-,31+,32+,37+/m1/s1. The summed E-state index contributed by atoms with van der Waals surface area (Å²) in [5, 5.41) is 9.52. The minimum Gasteiger partial charge on any atom is -0.497 e. The van der Waals surface area contributed by atoms with E-state index in [-0.39, 0.29) is 83.1 Å². The highest BCUT2D eigenvalue weighted by Crippen LogP contribution is 2.46. The summed E-state index contributed by atoms with van der Waals surface area (Å²) in [7, 11) is 3.04. The van der Waals surface area contributed by atoms with Gasteiger partial charge in [-0.25, -0.2) is 4.39 Å². The first kappa shape index (κ1) is 37.8. The Labute approximate surface area is 301 Å². The molecule has 0 aliphatic carbocycles. The number of carbonyl (C=O) groups excluding carboxylic acids is 2. The van der Waals surface area contributed by atoms with Crippen molar-refractivity contribution in [3.8, 4) is 5.75 Å². The zero-order valence-corrected chi connectivity index (χ0v) is 29.9. The summed E-state index contributed by atoms with van der Waals surface area (Å²) >= 11 is 0. The topological polar surface area (TPSA) is 103 Å². The van der Waals surface area contributed by atoms with Crippen molar-refractivity contribution < 1.29 is 46.5 Å². The van der Waals surface area contributed by atoms with Crippen molar-refractivity contribution in [2.45, 2.75) is 62.3 Å². The third-order valence-corrected chi connectivity index (χ3v) is 11.6. The maximum atomic E-state index is 17.7. The van der Waals surface area contributed by atoms with Crippen LogP contribution in [0.25, 0.3) is 0 Å². The number of hydrogen-bond donors (Lipinski definition) is 1. The van der Waals surface area contributed by atoms with E-state index in [1.807, 2.05) is 11.8 Å². The highest BCUT2D eigenvalue weighted by atomic mass is 19.4. The Morgan fingerprint density at radius 1 is 0.962 bits per heavy atom. The van der Waals surface area contributed by atoms with Gasteiger partial charge in [-0.05, 0) is 68.0 Å². The second kappa shape index (κ2) is 15.2. The van der Waals surface area contributed by atoms with Gasteiger partial charge in [0.05, 0.1) is 31.7 Å². The second-order valence-corrected chi connectivity index (χ2v) is 14.8. The first-order valence-corrected chi connectivity index (χ1v) is 18.0. The zero-order chi connectivity index (χ0) is 37.4. The fourth-order valence-electron chi connectivity index (χ4n) is 8.74. The first-order valence-electron chi connectivity index (χ1n) is 18.0. The van der Waals surface area contributed by atoms with E-state index in [2.05, 4.69) is 0 Å². The van der Waals surface area contributed by atoms with Gasteiger partial charge in [-0.1, -0.05) is 18.2 Å². The molecule has 4 fully saturated rings. The van der Waals surface area contributed by atoms with Crippen molar-refractivity contribution in [1.82, 2.24) is 14.7 Å². The molecule has 52 heavy (non-hydrogen) atoms. The third-order valence-electron chi connectivity index (χ3n) is 11.6. The number of nitrogens with zero attached hydrogens (tertiary/aromatic N) is 4. The molecule has 4 aliphatic rings. The number of rotatable bonds is 10. The van der Waals surface area contributed by atoms with Crippen LogP contribution in [-0.4, -0.2) is 122 Å². The van der Waals surface area contributed by atoms with Crippen LogP contribution in [0, 0.1) is 11.8 Å². The maximum absolute atomic E-state index is 17.7. The predicted octanol–water partition coefficient (Wildman–Crippen LogP) is 5.02. The van der Waals surface area contributed by atoms with E-state index >= 15 is 4.39 Å². The lowest BCUT2D eigenvalue weighted by molar-refractivity contribution is -0.144. The van der Waals surface area contributed by atoms with Crippen molar-refractivity contribution in [2.24, 2.45) is 11.8 Å². The maximum Gasteiger partial charge on any atom is 0.416 e. The molecule has 284 valence electrons. The molecule has 5 atom stereocenters. The molecular formula is C38H48F4N4O6. The van der Waals surface area contributed by atoms with Gasteiger partial charge in [-0.2, -0.15) is 13.2 Å². The van der Waals surface area contributed by atoms with Crippen LogP contribution < -0.4 is 9.64 Å². The molecule has 14 heteroatoms. The quantitative estimate of drug-likeness (QED) is 0.340. The second-order valence-electron chi connectivity index (χ2n) is 14.8. The molecule has 2 aromatic rings. The number of aliphatic carboxylic acids is 1. The molecule has 4 aliphatic heterocycles. The Morgan fingerprint density at radius 2 is 1.67 bits per heavy atom. The fraction of sp³-hybridized carbons (Fsp3) is 0.605. The van der Waals surface area contributed by atoms with Gasteiger partial charge in [0.15, 0.2) is 0 Å². The van der Waals surface area contributed by atoms with E-state index in [0.717, 1.165) is 25.0 Å². The van der Waals surface area contributed by atoms with E-state index in [1.54, 1.807) is 34.1 Å². The van der Waals surface area contributed by atoms with Crippen LogP contribution in [0.2, 0.25) is 0 Å². The van der Waals surface area contributed by atoms with Gasteiger partial charge >= 0.3 is 12.1 Å². The highest BCUT2D eigenvalue weighted by Gasteiger charge is 2.57. The molecule has 1 N–H and O–H groups in total. The van der Waals surface area contributed by atoms with E-state index in [0.29, 0.717) is 29.1 Å². The smallest absolute Gasteiger partial charge is 0.416 e. The molecule has 10 nitrogen and oxygen atoms in total. The molecule has 0 bridgehead atoms. The molecule has 0 saturated carbocycles. The number of piperidine rings is 1. The number of carbonyl (C=O) groups is 3. The van der Waals surface area contributed by atoms with E-state index < -0.39 is 47.0 Å². The van der Waals surface area contributed by atoms with Gasteiger partial charge < -0.3 is 29.3 Å². The highest BCUT2D eigenvalue weighted by molar-refractivity contribution is 5.88. The number of carboxylic acid groups (broad SMARTS) is 1. The number of ether oxygens (including phenoxy) is 2. The Bertz CT molecular complexity index is 1620. The molecule has 2 amide bonds. The number of halogens is 4. The average molecular weight is 733 g/mol. The first-order chi connectivity index (χ1) is 24.7. The molecule has 0 radical (unpaired) electrons. The van der Waals surface area contributed by atoms with Crippen molar-refractivity contribution in [2.75, 3.05) is 78.1 Å². The van der Waals surface area contributed by atoms with Crippen LogP contribution in [-0.2, 0) is 25.3 Å². The van der Waals surface area contributed by atoms with Gasteiger partial charge in [-0.15, -0.1) is 0 Å². The van der Waals surface area contributed by atoms with Crippen molar-refractivity contribution in [3.05, 3.63) is 59.2 Å². The summed E-state index contributed by atoms with van der Waals surface area (Å²) < 4.78 is 70.5.